The maximum Gasteiger partial charge on any atom is 0.210 e. The normalized spacial score (nSPS) is 12.2. The molecule has 12 rings (SSSR count). The van der Waals surface area contributed by atoms with Crippen LogP contribution in [0.3, 0.4) is 0 Å². The molecule has 0 saturated heterocycles. The number of para-hydroxylation sites is 3. The fraction of sp³-hybridized carbons (Fsp3) is 0.154. The first kappa shape index (κ1) is 59.3. The summed E-state index contributed by atoms with van der Waals surface area (Å²) in [6.07, 6.45) is 0. The highest BCUT2D eigenvalue weighted by Gasteiger charge is 2.31. The van der Waals surface area contributed by atoms with Crippen LogP contribution in [0.5, 0.6) is 0 Å². The van der Waals surface area contributed by atoms with Crippen molar-refractivity contribution in [2.24, 2.45) is 0 Å². The summed E-state index contributed by atoms with van der Waals surface area (Å²) in [6.45, 7) is 36.5. The van der Waals surface area contributed by atoms with Gasteiger partial charge in [-0.25, -0.2) is 13.6 Å². The van der Waals surface area contributed by atoms with Crippen LogP contribution in [-0.2, 0) is 0 Å². The van der Waals surface area contributed by atoms with Crippen LogP contribution in [0.15, 0.2) is 218 Å². The fourth-order valence-electron chi connectivity index (χ4n) is 12.5. The van der Waals surface area contributed by atoms with Gasteiger partial charge in [-0.1, -0.05) is 263 Å². The average Bonchev–Trinajstić information content (AvgIpc) is 0.796. The van der Waals surface area contributed by atoms with Crippen molar-refractivity contribution in [3.63, 3.8) is 0 Å². The van der Waals surface area contributed by atoms with E-state index in [-0.39, 0.29) is 0 Å². The minimum Gasteiger partial charge on any atom is -0.317 e. The van der Waals surface area contributed by atoms with Crippen molar-refractivity contribution in [2.45, 2.75) is 78.6 Å². The number of hydrogen-bond donors (Lipinski definition) is 0. The smallest absolute Gasteiger partial charge is 0.210 e. The quantitative estimate of drug-likeness (QED) is 0.0618. The molecular formula is C78H72F2N4Si4. The summed E-state index contributed by atoms with van der Waals surface area (Å²) >= 11 is 0. The summed E-state index contributed by atoms with van der Waals surface area (Å²) in [5.74, 6) is -0.869. The summed E-state index contributed by atoms with van der Waals surface area (Å²) < 4.78 is 37.0. The zero-order valence-corrected chi connectivity index (χ0v) is 56.3. The van der Waals surface area contributed by atoms with Gasteiger partial charge in [0.2, 0.25) is 5.69 Å². The first-order valence-electron chi connectivity index (χ1n) is 30.3. The van der Waals surface area contributed by atoms with Crippen molar-refractivity contribution < 1.29 is 8.78 Å². The van der Waals surface area contributed by atoms with Gasteiger partial charge in [0, 0.05) is 21.9 Å². The van der Waals surface area contributed by atoms with Gasteiger partial charge in [-0.3, -0.25) is 0 Å². The minimum absolute atomic E-state index is 0.319. The van der Waals surface area contributed by atoms with Gasteiger partial charge in [0.15, 0.2) is 0 Å². The molecule has 0 spiro atoms. The number of halogens is 2. The monoisotopic (exact) mass is 1210 g/mol. The predicted molar refractivity (Wildman–Crippen MR) is 384 cm³/mol. The van der Waals surface area contributed by atoms with Crippen LogP contribution in [0.25, 0.3) is 81.7 Å². The molecule has 4 nitrogen and oxygen atoms in total. The Morgan fingerprint density at radius 2 is 0.705 bits per heavy atom. The lowest BCUT2D eigenvalue weighted by Crippen LogP contribution is -2.37. The molecule has 0 aliphatic heterocycles. The second-order valence-electron chi connectivity index (χ2n) is 27.5. The molecule has 0 unspecified atom stereocenters. The molecule has 0 bridgehead atoms. The molecule has 0 fully saturated rings. The maximum absolute atomic E-state index is 18.5. The van der Waals surface area contributed by atoms with Crippen molar-refractivity contribution in [2.75, 3.05) is 9.80 Å². The van der Waals surface area contributed by atoms with Crippen molar-refractivity contribution in [1.82, 2.24) is 0 Å². The largest absolute Gasteiger partial charge is 0.317 e. The van der Waals surface area contributed by atoms with Gasteiger partial charge in [-0.15, -0.1) is 0 Å². The molecule has 0 atom stereocenters. The van der Waals surface area contributed by atoms with Crippen LogP contribution < -0.4 is 30.5 Å². The van der Waals surface area contributed by atoms with Crippen molar-refractivity contribution >= 4 is 125 Å². The van der Waals surface area contributed by atoms with Crippen molar-refractivity contribution in [3.05, 3.63) is 247 Å². The van der Waals surface area contributed by atoms with Gasteiger partial charge in [-0.2, -0.15) is 5.26 Å². The highest BCUT2D eigenvalue weighted by molar-refractivity contribution is 6.90. The summed E-state index contributed by atoms with van der Waals surface area (Å²) in [4.78, 5) is 8.00. The number of nitrogens with zero attached hydrogens (tertiary/aromatic N) is 4. The van der Waals surface area contributed by atoms with E-state index in [0.29, 0.717) is 56.5 Å². The molecule has 0 aliphatic rings. The van der Waals surface area contributed by atoms with Gasteiger partial charge in [0.25, 0.3) is 0 Å². The summed E-state index contributed by atoms with van der Waals surface area (Å²) in [7, 11) is -6.70. The van der Waals surface area contributed by atoms with Crippen LogP contribution in [0.2, 0.25) is 78.6 Å². The van der Waals surface area contributed by atoms with Crippen molar-refractivity contribution in [3.8, 4) is 50.6 Å². The Hall–Kier alpha value is -9.01. The van der Waals surface area contributed by atoms with E-state index >= 15 is 8.78 Å². The van der Waals surface area contributed by atoms with Crippen LogP contribution in [-0.4, -0.2) is 32.3 Å². The lowest BCUT2D eigenvalue weighted by atomic mass is 9.90. The molecule has 0 saturated carbocycles. The standard InChI is InChI=1S/C78H72F2N4Si4/c1-82-70-19-15-17-21-74(70)84(78-67(54-28-40-63(41-29-54)88(11,12)13)47-59(49-69(78)80)52-24-36-61(37-25-52)86(5,6)7)73-45-33-56-30-42-64-72(44-32-55-31-43-65(73)76(56)75(55)64)83(71-20-16-14-18-57(71)50-81)77-66(53-26-38-62(39-27-53)87(8,9)10)46-58(48-68(77)79)51-22-34-60(35-23-51)85(2,3)4/h14-49H,2-13H3. The Bertz CT molecular complexity index is 4440. The number of nitriles is 1. The molecule has 0 amide bonds. The predicted octanol–water partition coefficient (Wildman–Crippen LogP) is 21.1. The lowest BCUT2D eigenvalue weighted by molar-refractivity contribution is 0.629. The third kappa shape index (κ3) is 11.0. The first-order chi connectivity index (χ1) is 41.9. The fourth-order valence-corrected chi connectivity index (χ4v) is 17.1. The van der Waals surface area contributed by atoms with E-state index in [0.717, 1.165) is 65.7 Å². The molecule has 88 heavy (non-hydrogen) atoms. The Morgan fingerprint density at radius 1 is 0.364 bits per heavy atom. The molecule has 434 valence electrons. The highest BCUT2D eigenvalue weighted by atomic mass is 28.3. The van der Waals surface area contributed by atoms with Gasteiger partial charge in [0.1, 0.15) is 17.7 Å². The highest BCUT2D eigenvalue weighted by Crippen LogP contribution is 2.53. The van der Waals surface area contributed by atoms with E-state index in [4.69, 9.17) is 6.57 Å². The van der Waals surface area contributed by atoms with E-state index in [2.05, 4.69) is 241 Å². The molecule has 12 aromatic carbocycles. The zero-order chi connectivity index (χ0) is 62.2. The van der Waals surface area contributed by atoms with Crippen molar-refractivity contribution in [1.29, 1.82) is 5.26 Å². The Balaban J connectivity index is 1.13. The molecule has 0 radical (unpaired) electrons. The second-order valence-corrected chi connectivity index (χ2v) is 47.8. The maximum atomic E-state index is 18.5. The summed E-state index contributed by atoms with van der Waals surface area (Å²) in [5, 5.41) is 21.6. The third-order valence-corrected chi connectivity index (χ3v) is 25.7. The van der Waals surface area contributed by atoms with E-state index in [1.165, 1.54) is 20.7 Å². The van der Waals surface area contributed by atoms with E-state index < -0.39 is 43.9 Å². The molecule has 0 N–H and O–H groups in total. The topological polar surface area (TPSA) is 34.6 Å². The SMILES string of the molecule is [C-]#[N+]c1ccccc1N(c1c(F)cc(-c2ccc([Si](C)(C)C)cc2)cc1-c1ccc([Si](C)(C)C)cc1)c1ccc2ccc3c(N(c4ccccc4C#N)c4c(F)cc(-c5ccc([Si](C)(C)C)cc5)cc4-c4ccc([Si](C)(C)C)cc4)ccc4ccc1c2c43. The van der Waals surface area contributed by atoms with Gasteiger partial charge < -0.3 is 9.80 Å². The van der Waals surface area contributed by atoms with Gasteiger partial charge in [-0.05, 0) is 110 Å². The Labute approximate surface area is 521 Å². The van der Waals surface area contributed by atoms with Crippen LogP contribution in [0.1, 0.15) is 5.56 Å². The lowest BCUT2D eigenvalue weighted by Gasteiger charge is -2.32. The number of anilines is 6. The average molecular weight is 1220 g/mol. The Kier molecular flexibility index (Phi) is 15.2. The molecule has 0 aliphatic carbocycles. The molecule has 0 aromatic heterocycles. The zero-order valence-electron chi connectivity index (χ0n) is 52.3. The van der Waals surface area contributed by atoms with E-state index in [1.807, 2.05) is 52.3 Å². The molecule has 10 heteroatoms. The molecular weight excluding hydrogens is 1140 g/mol. The van der Waals surface area contributed by atoms with E-state index in [1.54, 1.807) is 24.3 Å². The van der Waals surface area contributed by atoms with Gasteiger partial charge >= 0.3 is 0 Å². The van der Waals surface area contributed by atoms with E-state index in [9.17, 15) is 5.26 Å². The first-order valence-corrected chi connectivity index (χ1v) is 44.3. The second kappa shape index (κ2) is 22.6. The van der Waals surface area contributed by atoms with Crippen LogP contribution in [0, 0.1) is 29.5 Å². The molecule has 0 heterocycles. The molecule has 12 aromatic rings. The van der Waals surface area contributed by atoms with Crippen LogP contribution >= 0.6 is 0 Å². The van der Waals surface area contributed by atoms with Crippen LogP contribution in [0.4, 0.5) is 48.6 Å². The Morgan fingerprint density at radius 3 is 1.08 bits per heavy atom. The number of rotatable bonds is 14. The minimum atomic E-state index is -1.72. The number of hydrogen-bond acceptors (Lipinski definition) is 3. The summed E-state index contributed by atoms with van der Waals surface area (Å²) in [6, 6.07) is 76.1. The summed E-state index contributed by atoms with van der Waals surface area (Å²) in [5.41, 5.74) is 10.3. The van der Waals surface area contributed by atoms with Gasteiger partial charge in [0.05, 0.1) is 78.6 Å². The number of benzene rings is 12. The third-order valence-electron chi connectivity index (χ3n) is 17.5.